The van der Waals surface area contributed by atoms with E-state index < -0.39 is 5.97 Å². The molecule has 0 aromatic heterocycles. The molecule has 3 nitrogen and oxygen atoms in total. The van der Waals surface area contributed by atoms with Crippen LogP contribution in [0.5, 0.6) is 0 Å². The van der Waals surface area contributed by atoms with E-state index in [0.717, 1.165) is 13.0 Å². The van der Waals surface area contributed by atoms with Crippen molar-refractivity contribution in [1.82, 2.24) is 4.90 Å². The minimum Gasteiger partial charge on any atom is -0.478 e. The first-order chi connectivity index (χ1) is 5.20. The molecule has 0 radical (unpaired) electrons. The number of rotatable bonds is 2. The first-order valence-corrected chi connectivity index (χ1v) is 3.81. The van der Waals surface area contributed by atoms with Crippen LogP contribution >= 0.6 is 12.4 Å². The smallest absolute Gasteiger partial charge is 0.328 e. The van der Waals surface area contributed by atoms with E-state index in [0.29, 0.717) is 6.04 Å². The maximum atomic E-state index is 10.2. The molecule has 1 atom stereocenters. The highest BCUT2D eigenvalue weighted by Crippen LogP contribution is 2.15. The molecule has 12 heavy (non-hydrogen) atoms. The number of hydrogen-bond donors (Lipinski definition) is 1. The van der Waals surface area contributed by atoms with Crippen LogP contribution < -0.4 is 0 Å². The first kappa shape index (κ1) is 11.5. The van der Waals surface area contributed by atoms with Gasteiger partial charge in [-0.2, -0.15) is 0 Å². The fraction of sp³-hybridized carbons (Fsp3) is 0.625. The van der Waals surface area contributed by atoms with Crippen molar-refractivity contribution in [2.75, 3.05) is 13.6 Å². The molecular formula is C8H14ClNO2. The molecule has 1 aliphatic rings. The molecule has 0 aromatic rings. The molecule has 1 fully saturated rings. The molecule has 0 amide bonds. The number of aliphatic carboxylic acids is 1. The van der Waals surface area contributed by atoms with Gasteiger partial charge in [-0.1, -0.05) is 6.08 Å². The lowest BCUT2D eigenvalue weighted by Gasteiger charge is -2.14. The summed E-state index contributed by atoms with van der Waals surface area (Å²) in [7, 11) is 2.02. The van der Waals surface area contributed by atoms with Gasteiger partial charge in [-0.05, 0) is 26.4 Å². The molecule has 1 rings (SSSR count). The van der Waals surface area contributed by atoms with E-state index in [-0.39, 0.29) is 12.4 Å². The summed E-state index contributed by atoms with van der Waals surface area (Å²) in [4.78, 5) is 12.3. The highest BCUT2D eigenvalue weighted by molar-refractivity contribution is 5.85. The Bertz CT molecular complexity index is 182. The van der Waals surface area contributed by atoms with Gasteiger partial charge in [0.25, 0.3) is 0 Å². The normalized spacial score (nSPS) is 24.2. The number of likely N-dealkylation sites (N-methyl/N-ethyl adjacent to an activating group) is 1. The number of halogens is 1. The Kier molecular flexibility index (Phi) is 4.93. The van der Waals surface area contributed by atoms with Gasteiger partial charge in [-0.3, -0.25) is 4.90 Å². The molecule has 0 aromatic carbocycles. The maximum Gasteiger partial charge on any atom is 0.328 e. The van der Waals surface area contributed by atoms with Crippen molar-refractivity contribution in [3.8, 4) is 0 Å². The van der Waals surface area contributed by atoms with Crippen LogP contribution in [0, 0.1) is 0 Å². The molecule has 1 heterocycles. The topological polar surface area (TPSA) is 40.5 Å². The van der Waals surface area contributed by atoms with Gasteiger partial charge in [0.15, 0.2) is 0 Å². The lowest BCUT2D eigenvalue weighted by Crippen LogP contribution is -2.22. The molecule has 1 N–H and O–H groups in total. The monoisotopic (exact) mass is 191 g/mol. The van der Waals surface area contributed by atoms with Crippen molar-refractivity contribution in [3.63, 3.8) is 0 Å². The minimum atomic E-state index is -0.856. The van der Waals surface area contributed by atoms with Gasteiger partial charge < -0.3 is 5.11 Å². The van der Waals surface area contributed by atoms with E-state index in [1.165, 1.54) is 12.5 Å². The third-order valence-electron chi connectivity index (χ3n) is 2.04. The molecule has 0 saturated carbocycles. The number of carbonyl (C=O) groups is 1. The Morgan fingerprint density at radius 3 is 2.75 bits per heavy atom. The maximum absolute atomic E-state index is 10.2. The molecular weight excluding hydrogens is 178 g/mol. The van der Waals surface area contributed by atoms with Crippen LogP contribution in [-0.2, 0) is 4.79 Å². The summed E-state index contributed by atoms with van der Waals surface area (Å²) in [5.41, 5.74) is 0. The second-order valence-corrected chi connectivity index (χ2v) is 2.89. The lowest BCUT2D eigenvalue weighted by molar-refractivity contribution is -0.131. The summed E-state index contributed by atoms with van der Waals surface area (Å²) in [6.45, 7) is 1.08. The van der Waals surface area contributed by atoms with Crippen LogP contribution in [0.3, 0.4) is 0 Å². The zero-order valence-electron chi connectivity index (χ0n) is 7.06. The average molecular weight is 192 g/mol. The summed E-state index contributed by atoms with van der Waals surface area (Å²) < 4.78 is 0. The van der Waals surface area contributed by atoms with E-state index in [9.17, 15) is 4.79 Å². The van der Waals surface area contributed by atoms with Crippen molar-refractivity contribution >= 4 is 18.4 Å². The SMILES string of the molecule is CN1CCCC1/C=C/C(=O)O.Cl. The predicted octanol–water partition coefficient (Wildman–Crippen LogP) is 1.14. The fourth-order valence-corrected chi connectivity index (χ4v) is 1.37. The Labute approximate surface area is 78.5 Å². The van der Waals surface area contributed by atoms with Crippen molar-refractivity contribution in [2.45, 2.75) is 18.9 Å². The zero-order valence-corrected chi connectivity index (χ0v) is 7.88. The summed E-state index contributed by atoms with van der Waals surface area (Å²) >= 11 is 0. The molecule has 0 spiro atoms. The first-order valence-electron chi connectivity index (χ1n) is 3.81. The van der Waals surface area contributed by atoms with Crippen LogP contribution in [0.1, 0.15) is 12.8 Å². The number of carboxylic acids is 1. The molecule has 0 bridgehead atoms. The highest BCUT2D eigenvalue weighted by atomic mass is 35.5. The van der Waals surface area contributed by atoms with E-state index >= 15 is 0 Å². The third-order valence-corrected chi connectivity index (χ3v) is 2.04. The van der Waals surface area contributed by atoms with Gasteiger partial charge in [0.2, 0.25) is 0 Å². The molecule has 4 heteroatoms. The van der Waals surface area contributed by atoms with Gasteiger partial charge in [0.05, 0.1) is 0 Å². The van der Waals surface area contributed by atoms with Crippen molar-refractivity contribution in [1.29, 1.82) is 0 Å². The predicted molar refractivity (Wildman–Crippen MR) is 49.7 cm³/mol. The second kappa shape index (κ2) is 5.17. The van der Waals surface area contributed by atoms with Gasteiger partial charge in [-0.15, -0.1) is 12.4 Å². The molecule has 70 valence electrons. The fourth-order valence-electron chi connectivity index (χ4n) is 1.37. The van der Waals surface area contributed by atoms with Gasteiger partial charge >= 0.3 is 5.97 Å². The number of nitrogens with zero attached hydrogens (tertiary/aromatic N) is 1. The summed E-state index contributed by atoms with van der Waals surface area (Å²) in [6.07, 6.45) is 5.24. The lowest BCUT2D eigenvalue weighted by atomic mass is 10.2. The average Bonchev–Trinajstić information content (AvgIpc) is 2.31. The van der Waals surface area contributed by atoms with Crippen molar-refractivity contribution in [2.24, 2.45) is 0 Å². The van der Waals surface area contributed by atoms with E-state index in [1.807, 2.05) is 7.05 Å². The Hall–Kier alpha value is -0.540. The Morgan fingerprint density at radius 1 is 1.67 bits per heavy atom. The van der Waals surface area contributed by atoms with Crippen molar-refractivity contribution in [3.05, 3.63) is 12.2 Å². The largest absolute Gasteiger partial charge is 0.478 e. The standard InChI is InChI=1S/C8H13NO2.ClH/c1-9-6-2-3-7(9)4-5-8(10)11;/h4-5,7H,2-3,6H2,1H3,(H,10,11);1H/b5-4+;. The van der Waals surface area contributed by atoms with Crippen LogP contribution in [-0.4, -0.2) is 35.6 Å². The Morgan fingerprint density at radius 2 is 2.33 bits per heavy atom. The summed E-state index contributed by atoms with van der Waals surface area (Å²) in [5.74, 6) is -0.856. The van der Waals surface area contributed by atoms with E-state index in [2.05, 4.69) is 4.90 Å². The highest BCUT2D eigenvalue weighted by Gasteiger charge is 2.17. The molecule has 1 unspecified atom stereocenters. The van der Waals surface area contributed by atoms with Crippen LogP contribution in [0.15, 0.2) is 12.2 Å². The summed E-state index contributed by atoms with van der Waals surface area (Å²) in [6, 6.07) is 0.339. The van der Waals surface area contributed by atoms with Crippen LogP contribution in [0.25, 0.3) is 0 Å². The van der Waals surface area contributed by atoms with Crippen LogP contribution in [0.2, 0.25) is 0 Å². The Balaban J connectivity index is 0.00000121. The van der Waals surface area contributed by atoms with Gasteiger partial charge in [0.1, 0.15) is 0 Å². The summed E-state index contributed by atoms with van der Waals surface area (Å²) in [5, 5.41) is 8.35. The van der Waals surface area contributed by atoms with Crippen molar-refractivity contribution < 1.29 is 9.90 Å². The number of hydrogen-bond acceptors (Lipinski definition) is 2. The van der Waals surface area contributed by atoms with Gasteiger partial charge in [-0.25, -0.2) is 4.79 Å². The van der Waals surface area contributed by atoms with E-state index in [1.54, 1.807) is 6.08 Å². The third kappa shape index (κ3) is 3.24. The number of carboxylic acid groups (broad SMARTS) is 1. The number of likely N-dealkylation sites (tertiary alicyclic amines) is 1. The molecule has 1 saturated heterocycles. The van der Waals surface area contributed by atoms with Crippen LogP contribution in [0.4, 0.5) is 0 Å². The quantitative estimate of drug-likeness (QED) is 0.666. The molecule has 1 aliphatic heterocycles. The molecule has 0 aliphatic carbocycles. The second-order valence-electron chi connectivity index (χ2n) is 2.89. The zero-order chi connectivity index (χ0) is 8.27. The minimum absolute atomic E-state index is 0. The van der Waals surface area contributed by atoms with Gasteiger partial charge in [0, 0.05) is 12.1 Å². The van der Waals surface area contributed by atoms with E-state index in [4.69, 9.17) is 5.11 Å².